The molecule has 0 spiro atoms. The van der Waals surface area contributed by atoms with E-state index in [-0.39, 0.29) is 19.1 Å². The van der Waals surface area contributed by atoms with Crippen LogP contribution in [0.5, 0.6) is 0 Å². The summed E-state index contributed by atoms with van der Waals surface area (Å²) in [6.07, 6.45) is -2.41. The van der Waals surface area contributed by atoms with E-state index in [4.69, 9.17) is 14.6 Å². The van der Waals surface area contributed by atoms with Gasteiger partial charge in [0.05, 0.1) is 19.3 Å². The maximum atomic E-state index is 11.9. The van der Waals surface area contributed by atoms with Crippen molar-refractivity contribution in [3.63, 3.8) is 0 Å². The first-order chi connectivity index (χ1) is 11.0. The Labute approximate surface area is 134 Å². The molecule has 1 aliphatic rings. The van der Waals surface area contributed by atoms with Crippen LogP contribution < -0.4 is 5.32 Å². The minimum absolute atomic E-state index is 0.129. The molecule has 1 fully saturated rings. The zero-order valence-corrected chi connectivity index (χ0v) is 12.8. The highest BCUT2D eigenvalue weighted by Crippen LogP contribution is 2.19. The Balaban J connectivity index is 2.08. The van der Waals surface area contributed by atoms with E-state index >= 15 is 0 Å². The second kappa shape index (κ2) is 7.94. The molecule has 0 saturated carbocycles. The van der Waals surface area contributed by atoms with Crippen molar-refractivity contribution in [3.05, 3.63) is 35.9 Å². The summed E-state index contributed by atoms with van der Waals surface area (Å²) in [6.45, 7) is 1.66. The minimum atomic E-state index is -1.33. The van der Waals surface area contributed by atoms with Crippen LogP contribution in [0.2, 0.25) is 0 Å². The number of rotatable bonds is 3. The van der Waals surface area contributed by atoms with Crippen LogP contribution in [0, 0.1) is 5.92 Å². The zero-order chi connectivity index (χ0) is 16.8. The largest absolute Gasteiger partial charge is 0.465 e. The zero-order valence-electron chi connectivity index (χ0n) is 12.8. The van der Waals surface area contributed by atoms with Gasteiger partial charge in [0.25, 0.3) is 0 Å². The smallest absolute Gasteiger partial charge is 0.405 e. The lowest BCUT2D eigenvalue weighted by Crippen LogP contribution is -2.45. The van der Waals surface area contributed by atoms with E-state index in [1.54, 1.807) is 6.92 Å². The van der Waals surface area contributed by atoms with Gasteiger partial charge in [-0.2, -0.15) is 0 Å². The van der Waals surface area contributed by atoms with Gasteiger partial charge in [-0.05, 0) is 18.9 Å². The fourth-order valence-corrected chi connectivity index (χ4v) is 2.57. The number of carboxylic acid groups (broad SMARTS) is 1. The molecular weight excluding hydrogens is 302 g/mol. The highest BCUT2D eigenvalue weighted by atomic mass is 16.6. The Kier molecular flexibility index (Phi) is 5.95. The molecule has 23 heavy (non-hydrogen) atoms. The first kappa shape index (κ1) is 17.2. The number of aliphatic hydroxyl groups excluding tert-OH is 1. The molecule has 1 amide bonds. The van der Waals surface area contributed by atoms with Crippen LogP contribution in [0.15, 0.2) is 30.3 Å². The predicted molar refractivity (Wildman–Crippen MR) is 81.0 cm³/mol. The molecule has 2 rings (SSSR count). The van der Waals surface area contributed by atoms with Crippen molar-refractivity contribution in [2.24, 2.45) is 5.92 Å². The van der Waals surface area contributed by atoms with Crippen molar-refractivity contribution in [1.29, 1.82) is 0 Å². The number of benzene rings is 1. The molecule has 7 heteroatoms. The standard InChI is InChI=1S/C16H21NO6/c1-10-14(18)12(7-11-5-3-2-4-6-11)8-22-9-13(15(19)23-10)17-16(20)21/h2-6,10,12-14,17-18H,7-9H2,1H3,(H,20,21)/t10-,12-,13-,14-/m0/s1. The number of carbonyl (C=O) groups is 2. The van der Waals surface area contributed by atoms with Crippen LogP contribution in [-0.4, -0.2) is 53.7 Å². The molecule has 0 aromatic heterocycles. The maximum Gasteiger partial charge on any atom is 0.405 e. The lowest BCUT2D eigenvalue weighted by Gasteiger charge is -2.26. The van der Waals surface area contributed by atoms with Crippen LogP contribution in [0.1, 0.15) is 12.5 Å². The number of hydrogen-bond acceptors (Lipinski definition) is 5. The van der Waals surface area contributed by atoms with E-state index in [1.807, 2.05) is 30.3 Å². The molecule has 3 N–H and O–H groups in total. The van der Waals surface area contributed by atoms with Crippen molar-refractivity contribution < 1.29 is 29.3 Å². The minimum Gasteiger partial charge on any atom is -0.465 e. The fourth-order valence-electron chi connectivity index (χ4n) is 2.57. The van der Waals surface area contributed by atoms with E-state index in [1.165, 1.54) is 0 Å². The third kappa shape index (κ3) is 4.94. The Morgan fingerprint density at radius 2 is 2.00 bits per heavy atom. The average Bonchev–Trinajstić information content (AvgIpc) is 2.55. The predicted octanol–water partition coefficient (Wildman–Crippen LogP) is 0.804. The number of esters is 1. The Morgan fingerprint density at radius 3 is 2.65 bits per heavy atom. The van der Waals surface area contributed by atoms with Gasteiger partial charge in [0.15, 0.2) is 6.04 Å². The van der Waals surface area contributed by atoms with Gasteiger partial charge in [-0.25, -0.2) is 9.59 Å². The summed E-state index contributed by atoms with van der Waals surface area (Å²) in [5, 5.41) is 21.2. The van der Waals surface area contributed by atoms with Gasteiger partial charge in [-0.3, -0.25) is 0 Å². The first-order valence-electron chi connectivity index (χ1n) is 7.47. The third-order valence-electron chi connectivity index (χ3n) is 3.81. The molecule has 0 radical (unpaired) electrons. The number of amides is 1. The van der Waals surface area contributed by atoms with Crippen LogP contribution >= 0.6 is 0 Å². The van der Waals surface area contributed by atoms with E-state index in [0.717, 1.165) is 5.56 Å². The Bertz CT molecular complexity index is 535. The summed E-state index contributed by atoms with van der Waals surface area (Å²) >= 11 is 0. The van der Waals surface area contributed by atoms with E-state index in [9.17, 15) is 14.7 Å². The summed E-state index contributed by atoms with van der Waals surface area (Å²) in [5.74, 6) is -1.01. The molecule has 1 heterocycles. The SMILES string of the molecule is C[C@@H]1OC(=O)[C@@H](NC(=O)O)COC[C@H](Cc2ccccc2)[C@H]1O. The Hall–Kier alpha value is -2.12. The molecule has 0 bridgehead atoms. The summed E-state index contributed by atoms with van der Waals surface area (Å²) in [5.41, 5.74) is 1.04. The van der Waals surface area contributed by atoms with Crippen LogP contribution in [-0.2, 0) is 20.7 Å². The second-order valence-corrected chi connectivity index (χ2v) is 5.62. The number of ether oxygens (including phenoxy) is 2. The summed E-state index contributed by atoms with van der Waals surface area (Å²) in [7, 11) is 0. The van der Waals surface area contributed by atoms with E-state index in [2.05, 4.69) is 5.32 Å². The Morgan fingerprint density at radius 1 is 1.30 bits per heavy atom. The van der Waals surface area contributed by atoms with Crippen molar-refractivity contribution in [2.75, 3.05) is 13.2 Å². The molecule has 1 saturated heterocycles. The third-order valence-corrected chi connectivity index (χ3v) is 3.81. The summed E-state index contributed by atoms with van der Waals surface area (Å²) < 4.78 is 10.6. The van der Waals surface area contributed by atoms with Crippen molar-refractivity contribution in [1.82, 2.24) is 5.32 Å². The quantitative estimate of drug-likeness (QED) is 0.711. The molecule has 1 aromatic rings. The highest BCUT2D eigenvalue weighted by Gasteiger charge is 2.33. The van der Waals surface area contributed by atoms with Crippen LogP contribution in [0.25, 0.3) is 0 Å². The average molecular weight is 323 g/mol. The number of nitrogens with one attached hydrogen (secondary N) is 1. The van der Waals surface area contributed by atoms with E-state index < -0.39 is 30.3 Å². The van der Waals surface area contributed by atoms with E-state index in [0.29, 0.717) is 6.42 Å². The van der Waals surface area contributed by atoms with Gasteiger partial charge < -0.3 is 25.0 Å². The van der Waals surface area contributed by atoms with Gasteiger partial charge in [0.1, 0.15) is 6.10 Å². The number of carbonyl (C=O) groups excluding carboxylic acids is 1. The summed E-state index contributed by atoms with van der Waals surface area (Å²) in [4.78, 5) is 22.7. The first-order valence-corrected chi connectivity index (χ1v) is 7.47. The molecule has 1 aliphatic heterocycles. The molecule has 7 nitrogen and oxygen atoms in total. The molecular formula is C16H21NO6. The van der Waals surface area contributed by atoms with Crippen molar-refractivity contribution in [3.8, 4) is 0 Å². The number of aliphatic hydroxyl groups is 1. The fraction of sp³-hybridized carbons (Fsp3) is 0.500. The lowest BCUT2D eigenvalue weighted by molar-refractivity contribution is -0.157. The van der Waals surface area contributed by atoms with Gasteiger partial charge in [0, 0.05) is 5.92 Å². The monoisotopic (exact) mass is 323 g/mol. The van der Waals surface area contributed by atoms with Gasteiger partial charge >= 0.3 is 12.1 Å². The molecule has 126 valence electrons. The van der Waals surface area contributed by atoms with Crippen molar-refractivity contribution in [2.45, 2.75) is 31.6 Å². The number of hydrogen-bond donors (Lipinski definition) is 3. The van der Waals surface area contributed by atoms with Gasteiger partial charge in [0.2, 0.25) is 0 Å². The maximum absolute atomic E-state index is 11.9. The van der Waals surface area contributed by atoms with Gasteiger partial charge in [-0.15, -0.1) is 0 Å². The molecule has 4 atom stereocenters. The normalized spacial score (nSPS) is 28.9. The van der Waals surface area contributed by atoms with Crippen molar-refractivity contribution >= 4 is 12.1 Å². The number of cyclic esters (lactones) is 1. The summed E-state index contributed by atoms with van der Waals surface area (Å²) in [6, 6.07) is 8.53. The van der Waals surface area contributed by atoms with Crippen LogP contribution in [0.4, 0.5) is 4.79 Å². The van der Waals surface area contributed by atoms with Gasteiger partial charge in [-0.1, -0.05) is 30.3 Å². The molecule has 0 unspecified atom stereocenters. The topological polar surface area (TPSA) is 105 Å². The second-order valence-electron chi connectivity index (χ2n) is 5.62. The lowest BCUT2D eigenvalue weighted by atomic mass is 9.92. The highest BCUT2D eigenvalue weighted by molar-refractivity contribution is 5.81. The molecule has 1 aromatic carbocycles. The van der Waals surface area contributed by atoms with Crippen LogP contribution in [0.3, 0.4) is 0 Å². The molecule has 0 aliphatic carbocycles.